The van der Waals surface area contributed by atoms with E-state index in [4.69, 9.17) is 0 Å². The zero-order chi connectivity index (χ0) is 19.3. The molecule has 3 aromatic rings. The van der Waals surface area contributed by atoms with Crippen LogP contribution in [0.25, 0.3) is 0 Å². The van der Waals surface area contributed by atoms with Crippen molar-refractivity contribution in [2.24, 2.45) is 0 Å². The van der Waals surface area contributed by atoms with E-state index in [1.54, 1.807) is 0 Å². The molecule has 0 aromatic heterocycles. The Morgan fingerprint density at radius 2 is 0.815 bits per heavy atom. The van der Waals surface area contributed by atoms with Gasteiger partial charge < -0.3 is 0 Å². The molecular weight excluding hydrogens is 336 g/mol. The first-order valence-electron chi connectivity index (χ1n) is 8.85. The molecule has 0 heterocycles. The lowest BCUT2D eigenvalue weighted by Gasteiger charge is -2.35. The fraction of sp³-hybridized carbons (Fsp3) is 0.125. The van der Waals surface area contributed by atoms with Gasteiger partial charge in [-0.3, -0.25) is 14.4 Å². The van der Waals surface area contributed by atoms with E-state index < -0.39 is 5.41 Å². The third kappa shape index (κ3) is 3.36. The number of benzene rings is 3. The fourth-order valence-electron chi connectivity index (χ4n) is 3.65. The maximum atomic E-state index is 11.1. The second kappa shape index (κ2) is 7.92. The number of hydrogen-bond donors (Lipinski definition) is 0. The SMILES string of the molecule is CCC(c1ccc(C=O)cc1)(c1ccc(C=O)cc1)c1ccc(C=O)cc1. The maximum absolute atomic E-state index is 11.1. The topological polar surface area (TPSA) is 51.2 Å². The summed E-state index contributed by atoms with van der Waals surface area (Å²) in [5.74, 6) is 0. The molecule has 0 spiro atoms. The van der Waals surface area contributed by atoms with Crippen molar-refractivity contribution in [3.05, 3.63) is 106 Å². The summed E-state index contributed by atoms with van der Waals surface area (Å²) in [6.07, 6.45) is 3.26. The first-order valence-corrected chi connectivity index (χ1v) is 8.85. The van der Waals surface area contributed by atoms with Crippen LogP contribution in [-0.2, 0) is 5.41 Å². The van der Waals surface area contributed by atoms with E-state index in [1.165, 1.54) is 0 Å². The quantitative estimate of drug-likeness (QED) is 0.448. The minimum Gasteiger partial charge on any atom is -0.298 e. The average Bonchev–Trinajstić information content (AvgIpc) is 2.76. The van der Waals surface area contributed by atoms with Crippen molar-refractivity contribution in [2.75, 3.05) is 0 Å². The van der Waals surface area contributed by atoms with Gasteiger partial charge in [0.1, 0.15) is 18.9 Å². The number of carbonyl (C=O) groups is 3. The minimum atomic E-state index is -0.454. The normalized spacial score (nSPS) is 11.0. The summed E-state index contributed by atoms with van der Waals surface area (Å²) < 4.78 is 0. The molecule has 0 fully saturated rings. The molecule has 0 radical (unpaired) electrons. The first kappa shape index (κ1) is 18.5. The Bertz CT molecular complexity index is 811. The highest BCUT2D eigenvalue weighted by atomic mass is 16.1. The van der Waals surface area contributed by atoms with Crippen molar-refractivity contribution in [3.8, 4) is 0 Å². The third-order valence-electron chi connectivity index (χ3n) is 5.15. The smallest absolute Gasteiger partial charge is 0.150 e. The van der Waals surface area contributed by atoms with Gasteiger partial charge in [0, 0.05) is 22.1 Å². The van der Waals surface area contributed by atoms with Crippen molar-refractivity contribution >= 4 is 18.9 Å². The van der Waals surface area contributed by atoms with Crippen molar-refractivity contribution in [3.63, 3.8) is 0 Å². The number of rotatable bonds is 7. The van der Waals surface area contributed by atoms with Gasteiger partial charge in [-0.25, -0.2) is 0 Å². The van der Waals surface area contributed by atoms with Gasteiger partial charge in [-0.2, -0.15) is 0 Å². The molecule has 0 aliphatic heterocycles. The summed E-state index contributed by atoms with van der Waals surface area (Å²) in [7, 11) is 0. The zero-order valence-electron chi connectivity index (χ0n) is 15.1. The van der Waals surface area contributed by atoms with Crippen molar-refractivity contribution in [1.29, 1.82) is 0 Å². The molecule has 0 N–H and O–H groups in total. The Kier molecular flexibility index (Phi) is 5.41. The summed E-state index contributed by atoms with van der Waals surface area (Å²) >= 11 is 0. The van der Waals surface area contributed by atoms with Gasteiger partial charge >= 0.3 is 0 Å². The van der Waals surface area contributed by atoms with Crippen molar-refractivity contribution in [2.45, 2.75) is 18.8 Å². The molecule has 3 aromatic carbocycles. The Labute approximate surface area is 158 Å². The third-order valence-corrected chi connectivity index (χ3v) is 5.15. The van der Waals surface area contributed by atoms with Gasteiger partial charge in [-0.15, -0.1) is 0 Å². The summed E-state index contributed by atoms with van der Waals surface area (Å²) in [5, 5.41) is 0. The first-order chi connectivity index (χ1) is 13.2. The molecule has 134 valence electrons. The molecular formula is C24H20O3. The van der Waals surface area contributed by atoms with Gasteiger partial charge in [-0.1, -0.05) is 79.7 Å². The number of carbonyl (C=O) groups excluding carboxylic acids is 3. The minimum absolute atomic E-state index is 0.454. The zero-order valence-corrected chi connectivity index (χ0v) is 15.1. The fourth-order valence-corrected chi connectivity index (χ4v) is 3.65. The van der Waals surface area contributed by atoms with Crippen LogP contribution >= 0.6 is 0 Å². The highest BCUT2D eigenvalue weighted by Crippen LogP contribution is 2.42. The molecule has 0 saturated carbocycles. The van der Waals surface area contributed by atoms with Crippen LogP contribution < -0.4 is 0 Å². The molecule has 0 amide bonds. The van der Waals surface area contributed by atoms with Crippen LogP contribution in [0, 0.1) is 0 Å². The lowest BCUT2D eigenvalue weighted by Crippen LogP contribution is -2.28. The predicted octanol–water partition coefficient (Wildman–Crippen LogP) is 4.87. The largest absolute Gasteiger partial charge is 0.298 e. The molecule has 0 unspecified atom stereocenters. The lowest BCUT2D eigenvalue weighted by atomic mass is 9.67. The highest BCUT2D eigenvalue weighted by Gasteiger charge is 2.34. The van der Waals surface area contributed by atoms with Crippen LogP contribution in [0.3, 0.4) is 0 Å². The Morgan fingerprint density at radius 1 is 0.556 bits per heavy atom. The van der Waals surface area contributed by atoms with E-state index >= 15 is 0 Å². The molecule has 3 rings (SSSR count). The second-order valence-corrected chi connectivity index (χ2v) is 6.48. The predicted molar refractivity (Wildman–Crippen MR) is 106 cm³/mol. The van der Waals surface area contributed by atoms with E-state index in [-0.39, 0.29) is 0 Å². The molecule has 27 heavy (non-hydrogen) atoms. The van der Waals surface area contributed by atoms with E-state index in [0.717, 1.165) is 42.0 Å². The Balaban J connectivity index is 2.25. The van der Waals surface area contributed by atoms with Gasteiger partial charge in [-0.05, 0) is 23.1 Å². The monoisotopic (exact) mass is 356 g/mol. The van der Waals surface area contributed by atoms with E-state index in [0.29, 0.717) is 16.7 Å². The van der Waals surface area contributed by atoms with Gasteiger partial charge in [0.25, 0.3) is 0 Å². The molecule has 0 bridgehead atoms. The summed E-state index contributed by atoms with van der Waals surface area (Å²) in [5.41, 5.74) is 4.56. The van der Waals surface area contributed by atoms with Crippen LogP contribution in [0.15, 0.2) is 72.8 Å². The van der Waals surface area contributed by atoms with Crippen molar-refractivity contribution < 1.29 is 14.4 Å². The second-order valence-electron chi connectivity index (χ2n) is 6.48. The van der Waals surface area contributed by atoms with Gasteiger partial charge in [0.05, 0.1) is 0 Å². The molecule has 3 nitrogen and oxygen atoms in total. The van der Waals surface area contributed by atoms with Crippen LogP contribution in [0.2, 0.25) is 0 Å². The number of hydrogen-bond acceptors (Lipinski definition) is 3. The van der Waals surface area contributed by atoms with Crippen LogP contribution in [-0.4, -0.2) is 18.9 Å². The van der Waals surface area contributed by atoms with E-state index in [1.807, 2.05) is 72.8 Å². The highest BCUT2D eigenvalue weighted by molar-refractivity contribution is 5.76. The maximum Gasteiger partial charge on any atom is 0.150 e. The summed E-state index contributed by atoms with van der Waals surface area (Å²) in [6.45, 7) is 2.11. The summed E-state index contributed by atoms with van der Waals surface area (Å²) in [6, 6.07) is 22.7. The molecule has 0 atom stereocenters. The Morgan fingerprint density at radius 3 is 1.00 bits per heavy atom. The molecule has 0 saturated heterocycles. The van der Waals surface area contributed by atoms with E-state index in [9.17, 15) is 14.4 Å². The van der Waals surface area contributed by atoms with Gasteiger partial charge in [0.2, 0.25) is 0 Å². The molecule has 0 aliphatic rings. The molecule has 3 heteroatoms. The average molecular weight is 356 g/mol. The van der Waals surface area contributed by atoms with Crippen LogP contribution in [0.4, 0.5) is 0 Å². The number of aldehydes is 3. The lowest BCUT2D eigenvalue weighted by molar-refractivity contribution is 0.111. The Hall–Kier alpha value is -3.33. The standard InChI is InChI=1S/C24H20O3/c1-2-24(21-9-3-18(15-25)4-10-21,22-11-5-19(16-26)6-12-22)23-13-7-20(17-27)8-14-23/h3-17H,2H2,1H3. The van der Waals surface area contributed by atoms with E-state index in [2.05, 4.69) is 6.92 Å². The summed E-state index contributed by atoms with van der Waals surface area (Å²) in [4.78, 5) is 33.2. The van der Waals surface area contributed by atoms with Crippen LogP contribution in [0.5, 0.6) is 0 Å². The molecule has 0 aliphatic carbocycles. The van der Waals surface area contributed by atoms with Crippen LogP contribution in [0.1, 0.15) is 61.1 Å². The van der Waals surface area contributed by atoms with Gasteiger partial charge in [0.15, 0.2) is 0 Å². The van der Waals surface area contributed by atoms with Crippen molar-refractivity contribution in [1.82, 2.24) is 0 Å².